The molecule has 0 saturated heterocycles. The van der Waals surface area contributed by atoms with Gasteiger partial charge in [0.15, 0.2) is 0 Å². The smallest absolute Gasteiger partial charge is 0.0766 e. The molecule has 2 rings (SSSR count). The highest BCUT2D eigenvalue weighted by atomic mass is 79.9. The molecule has 0 unspecified atom stereocenters. The summed E-state index contributed by atoms with van der Waals surface area (Å²) >= 11 is 3.59. The molecule has 0 aliphatic carbocycles. The van der Waals surface area contributed by atoms with Gasteiger partial charge in [0.1, 0.15) is 0 Å². The van der Waals surface area contributed by atoms with Gasteiger partial charge < -0.3 is 5.32 Å². The van der Waals surface area contributed by atoms with E-state index in [1.807, 2.05) is 0 Å². The highest BCUT2D eigenvalue weighted by Crippen LogP contribution is 2.33. The van der Waals surface area contributed by atoms with Crippen LogP contribution in [0.15, 0.2) is 22.7 Å². The van der Waals surface area contributed by atoms with Crippen molar-refractivity contribution in [2.24, 2.45) is 0 Å². The zero-order chi connectivity index (χ0) is 14.2. The van der Waals surface area contributed by atoms with Gasteiger partial charge in [-0.3, -0.25) is 4.98 Å². The molecule has 0 fully saturated rings. The SMILES string of the molecule is CCNc1cc(C(C)(C)C)nc2c(C)c(Br)ccc12. The first-order valence-corrected chi connectivity index (χ1v) is 7.48. The van der Waals surface area contributed by atoms with Crippen LogP contribution >= 0.6 is 15.9 Å². The Hall–Kier alpha value is -1.09. The average molecular weight is 321 g/mol. The molecule has 19 heavy (non-hydrogen) atoms. The first-order chi connectivity index (χ1) is 8.84. The van der Waals surface area contributed by atoms with Crippen molar-refractivity contribution in [3.8, 4) is 0 Å². The molecular formula is C16H21BrN2. The van der Waals surface area contributed by atoms with Gasteiger partial charge >= 0.3 is 0 Å². The van der Waals surface area contributed by atoms with Crippen molar-refractivity contribution in [2.75, 3.05) is 11.9 Å². The number of aromatic nitrogens is 1. The number of pyridine rings is 1. The summed E-state index contributed by atoms with van der Waals surface area (Å²) in [6.45, 7) is 11.7. The molecule has 0 saturated carbocycles. The van der Waals surface area contributed by atoms with Crippen LogP contribution in [0.1, 0.15) is 39.0 Å². The quantitative estimate of drug-likeness (QED) is 0.838. The molecule has 1 aromatic carbocycles. The van der Waals surface area contributed by atoms with E-state index in [-0.39, 0.29) is 5.41 Å². The van der Waals surface area contributed by atoms with Crippen LogP contribution in [0.5, 0.6) is 0 Å². The summed E-state index contributed by atoms with van der Waals surface area (Å²) in [4.78, 5) is 4.88. The first-order valence-electron chi connectivity index (χ1n) is 6.68. The summed E-state index contributed by atoms with van der Waals surface area (Å²) in [7, 11) is 0. The standard InChI is InChI=1S/C16H21BrN2/c1-6-18-13-9-14(16(3,4)5)19-15-10(2)12(17)8-7-11(13)15/h7-9H,6H2,1-5H3,(H,18,19). The minimum Gasteiger partial charge on any atom is -0.385 e. The summed E-state index contributed by atoms with van der Waals surface area (Å²) in [6, 6.07) is 6.40. The number of fused-ring (bicyclic) bond motifs is 1. The number of halogens is 1. The van der Waals surface area contributed by atoms with E-state index in [1.165, 1.54) is 16.6 Å². The van der Waals surface area contributed by atoms with Crippen LogP contribution in [-0.4, -0.2) is 11.5 Å². The number of rotatable bonds is 2. The third-order valence-electron chi connectivity index (χ3n) is 3.30. The van der Waals surface area contributed by atoms with Gasteiger partial charge in [-0.05, 0) is 37.6 Å². The second kappa shape index (κ2) is 5.12. The van der Waals surface area contributed by atoms with E-state index in [9.17, 15) is 0 Å². The third kappa shape index (κ3) is 2.76. The van der Waals surface area contributed by atoms with Crippen molar-refractivity contribution < 1.29 is 0 Å². The maximum Gasteiger partial charge on any atom is 0.0766 e. The van der Waals surface area contributed by atoms with Crippen LogP contribution in [0.4, 0.5) is 5.69 Å². The lowest BCUT2D eigenvalue weighted by molar-refractivity contribution is 0.571. The molecule has 2 nitrogen and oxygen atoms in total. The Morgan fingerprint density at radius 2 is 1.95 bits per heavy atom. The fourth-order valence-corrected chi connectivity index (χ4v) is 2.45. The summed E-state index contributed by atoms with van der Waals surface area (Å²) < 4.78 is 1.11. The molecule has 0 bridgehead atoms. The van der Waals surface area contributed by atoms with Crippen molar-refractivity contribution in [3.63, 3.8) is 0 Å². The second-order valence-electron chi connectivity index (χ2n) is 5.90. The summed E-state index contributed by atoms with van der Waals surface area (Å²) in [6.07, 6.45) is 0. The van der Waals surface area contributed by atoms with Gasteiger partial charge in [-0.25, -0.2) is 0 Å². The predicted octanol–water partition coefficient (Wildman–Crippen LogP) is 5.04. The lowest BCUT2D eigenvalue weighted by atomic mass is 9.90. The molecule has 0 amide bonds. The number of nitrogens with one attached hydrogen (secondary N) is 1. The van der Waals surface area contributed by atoms with Crippen molar-refractivity contribution in [1.29, 1.82) is 0 Å². The van der Waals surface area contributed by atoms with Gasteiger partial charge in [0, 0.05) is 33.2 Å². The van der Waals surface area contributed by atoms with Crippen molar-refractivity contribution in [1.82, 2.24) is 4.98 Å². The molecule has 0 aliphatic rings. The molecule has 1 heterocycles. The largest absolute Gasteiger partial charge is 0.385 e. The van der Waals surface area contributed by atoms with Gasteiger partial charge in [0.25, 0.3) is 0 Å². The van der Waals surface area contributed by atoms with E-state index in [1.54, 1.807) is 0 Å². The molecule has 102 valence electrons. The highest BCUT2D eigenvalue weighted by Gasteiger charge is 2.18. The Balaban J connectivity index is 2.80. The maximum absolute atomic E-state index is 4.88. The Labute approximate surface area is 123 Å². The van der Waals surface area contributed by atoms with E-state index in [0.29, 0.717) is 0 Å². The normalized spacial score (nSPS) is 11.9. The average Bonchev–Trinajstić information content (AvgIpc) is 2.33. The summed E-state index contributed by atoms with van der Waals surface area (Å²) in [5, 5.41) is 4.64. The zero-order valence-corrected chi connectivity index (χ0v) is 13.9. The van der Waals surface area contributed by atoms with E-state index in [4.69, 9.17) is 4.98 Å². The van der Waals surface area contributed by atoms with Crippen molar-refractivity contribution in [3.05, 3.63) is 33.9 Å². The fraction of sp³-hybridized carbons (Fsp3) is 0.438. The van der Waals surface area contributed by atoms with Crippen LogP contribution in [0.2, 0.25) is 0 Å². The van der Waals surface area contributed by atoms with E-state index < -0.39 is 0 Å². The van der Waals surface area contributed by atoms with E-state index in [0.717, 1.165) is 22.2 Å². The Bertz CT molecular complexity index is 612. The highest BCUT2D eigenvalue weighted by molar-refractivity contribution is 9.10. The minimum absolute atomic E-state index is 0.0487. The number of hydrogen-bond donors (Lipinski definition) is 1. The zero-order valence-electron chi connectivity index (χ0n) is 12.3. The van der Waals surface area contributed by atoms with Gasteiger partial charge in [-0.15, -0.1) is 0 Å². The third-order valence-corrected chi connectivity index (χ3v) is 4.16. The summed E-state index contributed by atoms with van der Waals surface area (Å²) in [5.41, 5.74) is 4.62. The van der Waals surface area contributed by atoms with Crippen molar-refractivity contribution >= 4 is 32.5 Å². The van der Waals surface area contributed by atoms with Gasteiger partial charge in [-0.2, -0.15) is 0 Å². The Kier molecular flexibility index (Phi) is 3.86. The van der Waals surface area contributed by atoms with Crippen LogP contribution in [0.3, 0.4) is 0 Å². The Morgan fingerprint density at radius 1 is 1.26 bits per heavy atom. The molecule has 0 aliphatic heterocycles. The second-order valence-corrected chi connectivity index (χ2v) is 6.76. The van der Waals surface area contributed by atoms with Gasteiger partial charge in [0.05, 0.1) is 5.52 Å². The lowest BCUT2D eigenvalue weighted by Crippen LogP contribution is -2.14. The lowest BCUT2D eigenvalue weighted by Gasteiger charge is -2.21. The van der Waals surface area contributed by atoms with E-state index >= 15 is 0 Å². The first kappa shape index (κ1) is 14.3. The van der Waals surface area contributed by atoms with Crippen LogP contribution in [0.25, 0.3) is 10.9 Å². The van der Waals surface area contributed by atoms with Gasteiger partial charge in [0.2, 0.25) is 0 Å². The molecule has 2 aromatic rings. The molecule has 1 N–H and O–H groups in total. The fourth-order valence-electron chi connectivity index (χ4n) is 2.13. The Morgan fingerprint density at radius 3 is 2.53 bits per heavy atom. The van der Waals surface area contributed by atoms with Crippen LogP contribution in [-0.2, 0) is 5.41 Å². The topological polar surface area (TPSA) is 24.9 Å². The minimum atomic E-state index is 0.0487. The number of hydrogen-bond acceptors (Lipinski definition) is 2. The molecule has 0 atom stereocenters. The number of benzene rings is 1. The van der Waals surface area contributed by atoms with Crippen LogP contribution in [0, 0.1) is 6.92 Å². The predicted molar refractivity (Wildman–Crippen MR) is 87.0 cm³/mol. The number of anilines is 1. The number of nitrogens with zero attached hydrogens (tertiary/aromatic N) is 1. The summed E-state index contributed by atoms with van der Waals surface area (Å²) in [5.74, 6) is 0. The monoisotopic (exact) mass is 320 g/mol. The molecular weight excluding hydrogens is 300 g/mol. The van der Waals surface area contributed by atoms with Crippen molar-refractivity contribution in [2.45, 2.75) is 40.0 Å². The number of aryl methyl sites for hydroxylation is 1. The maximum atomic E-state index is 4.88. The molecule has 3 heteroatoms. The van der Waals surface area contributed by atoms with E-state index in [2.05, 4.69) is 74.1 Å². The molecule has 0 spiro atoms. The van der Waals surface area contributed by atoms with Gasteiger partial charge in [-0.1, -0.05) is 36.7 Å². The molecule has 0 radical (unpaired) electrons. The molecule has 1 aromatic heterocycles. The van der Waals surface area contributed by atoms with Crippen LogP contribution < -0.4 is 5.32 Å².